The maximum Gasteiger partial charge on any atom is 0.488 e. The van der Waals surface area contributed by atoms with Gasteiger partial charge < -0.3 is 19.5 Å². The highest BCUT2D eigenvalue weighted by Crippen LogP contribution is 2.15. The van der Waals surface area contributed by atoms with E-state index in [9.17, 15) is 14.4 Å². The summed E-state index contributed by atoms with van der Waals surface area (Å²) in [5.74, 6) is -0.428. The first-order valence-electron chi connectivity index (χ1n) is 6.04. The average Bonchev–Trinajstić information content (AvgIpc) is 2.37. The minimum Gasteiger partial charge on any atom is -0.423 e. The molecule has 1 aromatic rings. The van der Waals surface area contributed by atoms with E-state index in [0.29, 0.717) is 12.2 Å². The lowest BCUT2D eigenvalue weighted by molar-refractivity contribution is -0.168. The van der Waals surface area contributed by atoms with E-state index in [2.05, 4.69) is 0 Å². The summed E-state index contributed by atoms with van der Waals surface area (Å²) in [6.45, 7) is 0.776. The summed E-state index contributed by atoms with van der Waals surface area (Å²) >= 11 is 0. The van der Waals surface area contributed by atoms with E-state index in [1.165, 1.54) is 18.2 Å². The van der Waals surface area contributed by atoms with Crippen molar-refractivity contribution in [1.82, 2.24) is 0 Å². The SMILES string of the molecule is OB(O)c1ccc(F)cc1COC1CCCCO1. The van der Waals surface area contributed by atoms with Gasteiger partial charge in [-0.25, -0.2) is 4.39 Å². The Kier molecular flexibility index (Phi) is 4.71. The fraction of sp³-hybridized carbons (Fsp3) is 0.500. The van der Waals surface area contributed by atoms with Gasteiger partial charge in [0.2, 0.25) is 0 Å². The lowest BCUT2D eigenvalue weighted by Gasteiger charge is -2.23. The van der Waals surface area contributed by atoms with Gasteiger partial charge in [0.05, 0.1) is 6.61 Å². The first-order chi connectivity index (χ1) is 8.66. The maximum atomic E-state index is 13.1. The van der Waals surface area contributed by atoms with Crippen LogP contribution in [0.5, 0.6) is 0 Å². The average molecular weight is 254 g/mol. The van der Waals surface area contributed by atoms with E-state index in [-0.39, 0.29) is 18.4 Å². The Bertz CT molecular complexity index is 394. The predicted octanol–water partition coefficient (Wildman–Crippen LogP) is 0.549. The van der Waals surface area contributed by atoms with E-state index >= 15 is 0 Å². The molecule has 4 nitrogen and oxygen atoms in total. The molecule has 0 aliphatic carbocycles. The van der Waals surface area contributed by atoms with Crippen LogP contribution in [0.25, 0.3) is 0 Å². The summed E-state index contributed by atoms with van der Waals surface area (Å²) in [5, 5.41) is 18.4. The predicted molar refractivity (Wildman–Crippen MR) is 64.6 cm³/mol. The molecule has 1 fully saturated rings. The maximum absolute atomic E-state index is 13.1. The van der Waals surface area contributed by atoms with Gasteiger partial charge >= 0.3 is 7.12 Å². The van der Waals surface area contributed by atoms with Crippen molar-refractivity contribution < 1.29 is 23.9 Å². The first kappa shape index (κ1) is 13.5. The summed E-state index contributed by atoms with van der Waals surface area (Å²) in [6.07, 6.45) is 2.60. The molecule has 1 aromatic carbocycles. The third-order valence-electron chi connectivity index (χ3n) is 2.95. The summed E-state index contributed by atoms with van der Waals surface area (Å²) < 4.78 is 24.0. The number of rotatable bonds is 4. The third-order valence-corrected chi connectivity index (χ3v) is 2.95. The number of benzene rings is 1. The zero-order valence-electron chi connectivity index (χ0n) is 10.0. The van der Waals surface area contributed by atoms with Crippen molar-refractivity contribution in [1.29, 1.82) is 0 Å². The summed E-state index contributed by atoms with van der Waals surface area (Å²) in [5.41, 5.74) is 0.686. The molecule has 0 aromatic heterocycles. The van der Waals surface area contributed by atoms with Gasteiger partial charge in [0, 0.05) is 6.61 Å². The van der Waals surface area contributed by atoms with Crippen LogP contribution >= 0.6 is 0 Å². The number of hydrogen-bond acceptors (Lipinski definition) is 4. The number of hydrogen-bond donors (Lipinski definition) is 2. The zero-order valence-corrected chi connectivity index (χ0v) is 10.0. The van der Waals surface area contributed by atoms with Gasteiger partial charge in [0.1, 0.15) is 5.82 Å². The topological polar surface area (TPSA) is 58.9 Å². The van der Waals surface area contributed by atoms with Gasteiger partial charge in [-0.1, -0.05) is 6.07 Å². The second-order valence-electron chi connectivity index (χ2n) is 4.32. The molecule has 1 atom stereocenters. The van der Waals surface area contributed by atoms with Gasteiger partial charge in [0.25, 0.3) is 0 Å². The molecule has 0 radical (unpaired) electrons. The molecular weight excluding hydrogens is 238 g/mol. The highest BCUT2D eigenvalue weighted by Gasteiger charge is 2.19. The van der Waals surface area contributed by atoms with E-state index < -0.39 is 12.9 Å². The van der Waals surface area contributed by atoms with Crippen molar-refractivity contribution in [2.75, 3.05) is 6.61 Å². The Balaban J connectivity index is 2.00. The minimum absolute atomic E-state index is 0.107. The van der Waals surface area contributed by atoms with Crippen molar-refractivity contribution in [3.8, 4) is 0 Å². The van der Waals surface area contributed by atoms with E-state index in [1.54, 1.807) is 0 Å². The summed E-state index contributed by atoms with van der Waals surface area (Å²) in [7, 11) is -1.63. The second kappa shape index (κ2) is 6.29. The van der Waals surface area contributed by atoms with Gasteiger partial charge in [0.15, 0.2) is 6.29 Å². The molecule has 1 aliphatic heterocycles. The smallest absolute Gasteiger partial charge is 0.423 e. The standard InChI is InChI=1S/C12H16BFO4/c14-10-4-5-11(13(15)16)9(7-10)8-18-12-3-1-2-6-17-12/h4-5,7,12,15-16H,1-3,6,8H2. The van der Waals surface area contributed by atoms with Crippen LogP contribution < -0.4 is 5.46 Å². The highest BCUT2D eigenvalue weighted by atomic mass is 19.1. The van der Waals surface area contributed by atoms with Crippen LogP contribution in [0.15, 0.2) is 18.2 Å². The summed E-state index contributed by atoms with van der Waals surface area (Å²) in [4.78, 5) is 0. The van der Waals surface area contributed by atoms with E-state index in [1.807, 2.05) is 0 Å². The Hall–Kier alpha value is -0.945. The molecule has 0 spiro atoms. The van der Waals surface area contributed by atoms with Crippen molar-refractivity contribution in [2.24, 2.45) is 0 Å². The molecule has 18 heavy (non-hydrogen) atoms. The van der Waals surface area contributed by atoms with Crippen LogP contribution in [-0.4, -0.2) is 30.1 Å². The molecule has 1 saturated heterocycles. The third kappa shape index (κ3) is 3.52. The van der Waals surface area contributed by atoms with E-state index in [4.69, 9.17) is 9.47 Å². The lowest BCUT2D eigenvalue weighted by atomic mass is 9.77. The van der Waals surface area contributed by atoms with Gasteiger partial charge in [-0.15, -0.1) is 0 Å². The van der Waals surface area contributed by atoms with Crippen molar-refractivity contribution in [3.63, 3.8) is 0 Å². The fourth-order valence-corrected chi connectivity index (χ4v) is 1.98. The molecule has 1 heterocycles. The fourth-order valence-electron chi connectivity index (χ4n) is 1.98. The summed E-state index contributed by atoms with van der Waals surface area (Å²) in [6, 6.07) is 3.79. The monoisotopic (exact) mass is 254 g/mol. The molecular formula is C12H16BFO4. The van der Waals surface area contributed by atoms with Gasteiger partial charge in [-0.05, 0) is 42.4 Å². The van der Waals surface area contributed by atoms with Crippen LogP contribution in [0.1, 0.15) is 24.8 Å². The Morgan fingerprint density at radius 3 is 2.89 bits per heavy atom. The lowest BCUT2D eigenvalue weighted by Crippen LogP contribution is -2.34. The van der Waals surface area contributed by atoms with Gasteiger partial charge in [-0.3, -0.25) is 0 Å². The molecule has 1 aliphatic rings. The van der Waals surface area contributed by atoms with Gasteiger partial charge in [-0.2, -0.15) is 0 Å². The minimum atomic E-state index is -1.63. The first-order valence-corrected chi connectivity index (χ1v) is 6.04. The van der Waals surface area contributed by atoms with Crippen molar-refractivity contribution in [3.05, 3.63) is 29.6 Å². The Morgan fingerprint density at radius 1 is 1.39 bits per heavy atom. The number of ether oxygens (including phenoxy) is 2. The quantitative estimate of drug-likeness (QED) is 0.770. The molecule has 0 amide bonds. The van der Waals surface area contributed by atoms with Crippen LogP contribution in [0.2, 0.25) is 0 Å². The Labute approximate surface area is 105 Å². The second-order valence-corrected chi connectivity index (χ2v) is 4.32. The largest absolute Gasteiger partial charge is 0.488 e. The van der Waals surface area contributed by atoms with Crippen LogP contribution in [0.4, 0.5) is 4.39 Å². The molecule has 1 unspecified atom stereocenters. The van der Waals surface area contributed by atoms with Crippen LogP contribution in [0, 0.1) is 5.82 Å². The highest BCUT2D eigenvalue weighted by molar-refractivity contribution is 6.59. The molecule has 2 N–H and O–H groups in total. The van der Waals surface area contributed by atoms with Crippen molar-refractivity contribution >= 4 is 12.6 Å². The Morgan fingerprint density at radius 2 is 2.22 bits per heavy atom. The molecule has 0 bridgehead atoms. The van der Waals surface area contributed by atoms with Crippen molar-refractivity contribution in [2.45, 2.75) is 32.2 Å². The van der Waals surface area contributed by atoms with E-state index in [0.717, 1.165) is 19.3 Å². The number of halogens is 1. The molecule has 6 heteroatoms. The zero-order chi connectivity index (χ0) is 13.0. The molecule has 0 saturated carbocycles. The molecule has 98 valence electrons. The molecule has 2 rings (SSSR count). The van der Waals surface area contributed by atoms with Crippen LogP contribution in [-0.2, 0) is 16.1 Å². The van der Waals surface area contributed by atoms with Crippen LogP contribution in [0.3, 0.4) is 0 Å². The normalized spacial score (nSPS) is 19.8.